The van der Waals surface area contributed by atoms with Crippen molar-refractivity contribution in [3.8, 4) is 0 Å². The highest BCUT2D eigenvalue weighted by Crippen LogP contribution is 2.26. The second kappa shape index (κ2) is 4.73. The number of rotatable bonds is 3. The van der Waals surface area contributed by atoms with Crippen LogP contribution in [0.3, 0.4) is 0 Å². The summed E-state index contributed by atoms with van der Waals surface area (Å²) in [6, 6.07) is 0.269. The molecule has 0 aromatic carbocycles. The van der Waals surface area contributed by atoms with E-state index in [2.05, 4.69) is 15.4 Å². The topological polar surface area (TPSA) is 91.6 Å². The summed E-state index contributed by atoms with van der Waals surface area (Å²) >= 11 is 0. The van der Waals surface area contributed by atoms with Crippen molar-refractivity contribution in [1.29, 1.82) is 0 Å². The van der Waals surface area contributed by atoms with Gasteiger partial charge in [0, 0.05) is 19.6 Å². The highest BCUT2D eigenvalue weighted by Gasteiger charge is 2.23. The highest BCUT2D eigenvalue weighted by molar-refractivity contribution is 5.72. The van der Waals surface area contributed by atoms with Gasteiger partial charge in [-0.05, 0) is 25.2 Å². The van der Waals surface area contributed by atoms with Crippen molar-refractivity contribution in [2.75, 3.05) is 0 Å². The van der Waals surface area contributed by atoms with Crippen molar-refractivity contribution in [3.63, 3.8) is 0 Å². The molecule has 0 amide bonds. The van der Waals surface area contributed by atoms with Crippen LogP contribution in [-0.2, 0) is 13.6 Å². The lowest BCUT2D eigenvalue weighted by Gasteiger charge is -2.14. The minimum absolute atomic E-state index is 0.121. The maximum absolute atomic E-state index is 12.2. The molecule has 2 N–H and O–H groups in total. The molecule has 1 aliphatic rings. The normalized spacial score (nSPS) is 23.3. The first-order valence-electron chi connectivity index (χ1n) is 6.68. The second-order valence-electron chi connectivity index (χ2n) is 5.27. The third-order valence-corrected chi connectivity index (χ3v) is 4.05. The molecular formula is C12H18N6O. The van der Waals surface area contributed by atoms with Gasteiger partial charge < -0.3 is 5.73 Å². The number of nitrogens with zero attached hydrogens (tertiary/aromatic N) is 5. The van der Waals surface area contributed by atoms with Gasteiger partial charge in [0.05, 0.1) is 6.20 Å². The summed E-state index contributed by atoms with van der Waals surface area (Å²) in [7, 11) is 1.75. The van der Waals surface area contributed by atoms with Gasteiger partial charge in [-0.2, -0.15) is 5.10 Å². The molecule has 2 aromatic heterocycles. The Kier molecular flexibility index (Phi) is 3.06. The number of hydrogen-bond donors (Lipinski definition) is 1. The highest BCUT2D eigenvalue weighted by atomic mass is 16.1. The third kappa shape index (κ3) is 2.14. The van der Waals surface area contributed by atoms with Crippen LogP contribution in [0.15, 0.2) is 11.0 Å². The number of aromatic nitrogens is 5. The molecule has 19 heavy (non-hydrogen) atoms. The molecule has 0 saturated heterocycles. The number of aryl methyl sites for hydroxylation is 2. The monoisotopic (exact) mass is 262 g/mol. The fraction of sp³-hybridized carbons (Fsp3) is 0.667. The van der Waals surface area contributed by atoms with Crippen LogP contribution in [0.2, 0.25) is 0 Å². The van der Waals surface area contributed by atoms with Crippen LogP contribution in [0.25, 0.3) is 11.0 Å². The summed E-state index contributed by atoms with van der Waals surface area (Å²) in [5.74, 6) is 0.498. The molecule has 3 rings (SSSR count). The maximum Gasteiger partial charge on any atom is 0.280 e. The predicted octanol–water partition coefficient (Wildman–Crippen LogP) is 0.0425. The molecule has 0 aliphatic heterocycles. The van der Waals surface area contributed by atoms with E-state index in [9.17, 15) is 4.79 Å². The van der Waals surface area contributed by atoms with Crippen molar-refractivity contribution in [1.82, 2.24) is 24.8 Å². The Labute approximate surface area is 110 Å². The first-order valence-corrected chi connectivity index (χ1v) is 6.68. The number of fused-ring (bicyclic) bond motifs is 1. The summed E-state index contributed by atoms with van der Waals surface area (Å²) in [5.41, 5.74) is 6.44. The van der Waals surface area contributed by atoms with E-state index < -0.39 is 0 Å². The number of hydrogen-bond acceptors (Lipinski definition) is 5. The summed E-state index contributed by atoms with van der Waals surface area (Å²) < 4.78 is 2.98. The Morgan fingerprint density at radius 2 is 2.32 bits per heavy atom. The zero-order valence-corrected chi connectivity index (χ0v) is 11.0. The molecule has 0 bridgehead atoms. The van der Waals surface area contributed by atoms with Crippen LogP contribution in [-0.4, -0.2) is 30.8 Å². The quantitative estimate of drug-likeness (QED) is 0.843. The van der Waals surface area contributed by atoms with Gasteiger partial charge >= 0.3 is 0 Å². The second-order valence-corrected chi connectivity index (χ2v) is 5.27. The fourth-order valence-corrected chi connectivity index (χ4v) is 2.83. The predicted molar refractivity (Wildman–Crippen MR) is 70.5 cm³/mol. The van der Waals surface area contributed by atoms with Crippen LogP contribution < -0.4 is 11.3 Å². The van der Waals surface area contributed by atoms with E-state index in [0.717, 1.165) is 19.3 Å². The molecule has 0 radical (unpaired) electrons. The molecule has 1 fully saturated rings. The Morgan fingerprint density at radius 1 is 1.47 bits per heavy atom. The fourth-order valence-electron chi connectivity index (χ4n) is 2.83. The molecule has 102 valence electrons. The Hall–Kier alpha value is -1.76. The lowest BCUT2D eigenvalue weighted by atomic mass is 10.0. The average molecular weight is 262 g/mol. The van der Waals surface area contributed by atoms with Crippen LogP contribution in [0.4, 0.5) is 0 Å². The summed E-state index contributed by atoms with van der Waals surface area (Å²) in [5, 5.41) is 12.6. The van der Waals surface area contributed by atoms with Crippen LogP contribution in [0.1, 0.15) is 25.7 Å². The maximum atomic E-state index is 12.2. The molecular weight excluding hydrogens is 244 g/mol. The van der Waals surface area contributed by atoms with Crippen molar-refractivity contribution < 1.29 is 0 Å². The average Bonchev–Trinajstić information content (AvgIpc) is 2.96. The van der Waals surface area contributed by atoms with Gasteiger partial charge in [-0.25, -0.2) is 9.36 Å². The van der Waals surface area contributed by atoms with Crippen LogP contribution >= 0.6 is 0 Å². The molecule has 7 heteroatoms. The molecule has 1 saturated carbocycles. The van der Waals surface area contributed by atoms with Gasteiger partial charge in [0.25, 0.3) is 5.56 Å². The van der Waals surface area contributed by atoms with E-state index in [4.69, 9.17) is 5.73 Å². The van der Waals surface area contributed by atoms with Gasteiger partial charge in [0.15, 0.2) is 5.65 Å². The van der Waals surface area contributed by atoms with Crippen molar-refractivity contribution in [2.45, 2.75) is 38.3 Å². The van der Waals surface area contributed by atoms with Gasteiger partial charge in [-0.3, -0.25) is 4.79 Å². The van der Waals surface area contributed by atoms with Gasteiger partial charge in [0.2, 0.25) is 0 Å². The zero-order valence-electron chi connectivity index (χ0n) is 11.0. The first kappa shape index (κ1) is 12.3. The van der Waals surface area contributed by atoms with E-state index in [-0.39, 0.29) is 11.6 Å². The largest absolute Gasteiger partial charge is 0.327 e. The summed E-state index contributed by atoms with van der Waals surface area (Å²) in [4.78, 5) is 12.2. The van der Waals surface area contributed by atoms with Crippen molar-refractivity contribution in [3.05, 3.63) is 16.6 Å². The van der Waals surface area contributed by atoms with Gasteiger partial charge in [0.1, 0.15) is 5.39 Å². The van der Waals surface area contributed by atoms with E-state index in [1.165, 1.54) is 11.1 Å². The molecule has 7 nitrogen and oxygen atoms in total. The Balaban J connectivity index is 1.81. The molecule has 2 atom stereocenters. The zero-order chi connectivity index (χ0) is 13.4. The SMILES string of the molecule is Cn1ncc2c(=O)n(CCC3CCCC3N)nnc21. The molecule has 1 aliphatic carbocycles. The van der Waals surface area contributed by atoms with Gasteiger partial charge in [-0.15, -0.1) is 5.10 Å². The van der Waals surface area contributed by atoms with E-state index in [0.29, 0.717) is 23.5 Å². The molecule has 2 aromatic rings. The standard InChI is InChI=1S/C12H18N6O/c1-17-11-9(7-14-17)12(19)18(16-15-11)6-5-8-3-2-4-10(8)13/h7-8,10H,2-6,13H2,1H3. The van der Waals surface area contributed by atoms with E-state index in [1.807, 2.05) is 0 Å². The smallest absolute Gasteiger partial charge is 0.280 e. The van der Waals surface area contributed by atoms with Crippen molar-refractivity contribution in [2.24, 2.45) is 18.7 Å². The minimum atomic E-state index is -0.121. The van der Waals surface area contributed by atoms with E-state index in [1.54, 1.807) is 17.9 Å². The lowest BCUT2D eigenvalue weighted by Crippen LogP contribution is -2.29. The first-order chi connectivity index (χ1) is 9.16. The van der Waals surface area contributed by atoms with Gasteiger partial charge in [-0.1, -0.05) is 11.6 Å². The number of nitrogens with two attached hydrogens (primary N) is 1. The molecule has 2 heterocycles. The summed E-state index contributed by atoms with van der Waals surface area (Å²) in [6.07, 6.45) is 5.87. The Bertz CT molecular complexity index is 645. The van der Waals surface area contributed by atoms with Crippen LogP contribution in [0, 0.1) is 5.92 Å². The summed E-state index contributed by atoms with van der Waals surface area (Å²) in [6.45, 7) is 0.578. The molecule has 2 unspecified atom stereocenters. The van der Waals surface area contributed by atoms with E-state index >= 15 is 0 Å². The van der Waals surface area contributed by atoms with Crippen molar-refractivity contribution >= 4 is 11.0 Å². The third-order valence-electron chi connectivity index (χ3n) is 4.05. The van der Waals surface area contributed by atoms with Crippen LogP contribution in [0.5, 0.6) is 0 Å². The molecule has 0 spiro atoms. The minimum Gasteiger partial charge on any atom is -0.327 e. The lowest BCUT2D eigenvalue weighted by molar-refractivity contribution is 0.390. The Morgan fingerprint density at radius 3 is 3.05 bits per heavy atom.